The number of nitrogens with zero attached hydrogens (tertiary/aromatic N) is 1. The average molecular weight is 293 g/mol. The highest BCUT2D eigenvalue weighted by molar-refractivity contribution is 5.71. The van der Waals surface area contributed by atoms with Crippen LogP contribution in [-0.2, 0) is 16.0 Å². The van der Waals surface area contributed by atoms with Gasteiger partial charge in [-0.15, -0.1) is 0 Å². The molecule has 5 heteroatoms. The van der Waals surface area contributed by atoms with Crippen LogP contribution in [0, 0.1) is 5.92 Å². The van der Waals surface area contributed by atoms with Crippen LogP contribution in [0.3, 0.4) is 0 Å². The first-order valence-electron chi connectivity index (χ1n) is 7.29. The standard InChI is InChI=1S/C16H23NO4/c1-2-7-15(17(21)12-18)14(16(19)20)11-6-10-13-8-4-3-5-9-13/h3-5,8-9,12,14-15,21H,2,6-7,10-11H2,1H3,(H,19,20)/t14-,15+/m1/s1. The van der Waals surface area contributed by atoms with Crippen molar-refractivity contribution in [1.29, 1.82) is 0 Å². The van der Waals surface area contributed by atoms with Gasteiger partial charge in [-0.05, 0) is 31.2 Å². The van der Waals surface area contributed by atoms with Crippen molar-refractivity contribution in [3.8, 4) is 0 Å². The third-order valence-corrected chi connectivity index (χ3v) is 3.64. The van der Waals surface area contributed by atoms with Crippen molar-refractivity contribution in [2.75, 3.05) is 0 Å². The minimum absolute atomic E-state index is 0.285. The van der Waals surface area contributed by atoms with Gasteiger partial charge in [-0.1, -0.05) is 43.7 Å². The summed E-state index contributed by atoms with van der Waals surface area (Å²) in [5, 5.41) is 19.4. The minimum atomic E-state index is -0.970. The number of aliphatic carboxylic acids is 1. The molecule has 0 saturated carbocycles. The molecule has 0 aromatic heterocycles. The number of hydrogen-bond donors (Lipinski definition) is 2. The topological polar surface area (TPSA) is 77.8 Å². The van der Waals surface area contributed by atoms with Gasteiger partial charge in [0.15, 0.2) is 0 Å². The van der Waals surface area contributed by atoms with E-state index in [9.17, 15) is 19.9 Å². The summed E-state index contributed by atoms with van der Waals surface area (Å²) in [6, 6.07) is 9.18. The molecular formula is C16H23NO4. The maximum absolute atomic E-state index is 11.4. The summed E-state index contributed by atoms with van der Waals surface area (Å²) in [7, 11) is 0. The smallest absolute Gasteiger partial charge is 0.308 e. The van der Waals surface area contributed by atoms with Crippen molar-refractivity contribution in [1.82, 2.24) is 5.06 Å². The molecule has 5 nitrogen and oxygen atoms in total. The van der Waals surface area contributed by atoms with Gasteiger partial charge < -0.3 is 5.11 Å². The zero-order valence-electron chi connectivity index (χ0n) is 12.3. The molecule has 0 aliphatic heterocycles. The Morgan fingerprint density at radius 3 is 2.48 bits per heavy atom. The quantitative estimate of drug-likeness (QED) is 0.395. The van der Waals surface area contributed by atoms with Crippen molar-refractivity contribution in [3.63, 3.8) is 0 Å². The number of rotatable bonds is 10. The van der Waals surface area contributed by atoms with Crippen molar-refractivity contribution >= 4 is 12.4 Å². The first-order valence-corrected chi connectivity index (χ1v) is 7.29. The Balaban J connectivity index is 2.63. The number of hydrogen-bond acceptors (Lipinski definition) is 3. The lowest BCUT2D eigenvalue weighted by atomic mass is 9.90. The molecule has 21 heavy (non-hydrogen) atoms. The number of carboxylic acids is 1. The SMILES string of the molecule is CCC[C@@H]([C@@H](CCCc1ccccc1)C(=O)O)N(O)C=O. The first-order chi connectivity index (χ1) is 10.1. The number of hydroxylamine groups is 2. The van der Waals surface area contributed by atoms with Gasteiger partial charge in [0, 0.05) is 0 Å². The lowest BCUT2D eigenvalue weighted by molar-refractivity contribution is -0.173. The predicted molar refractivity (Wildman–Crippen MR) is 78.9 cm³/mol. The molecule has 0 heterocycles. The second-order valence-electron chi connectivity index (χ2n) is 5.16. The monoisotopic (exact) mass is 293 g/mol. The summed E-state index contributed by atoms with van der Waals surface area (Å²) >= 11 is 0. The summed E-state index contributed by atoms with van der Waals surface area (Å²) in [5.74, 6) is -1.72. The average Bonchev–Trinajstić information content (AvgIpc) is 2.50. The highest BCUT2D eigenvalue weighted by Crippen LogP contribution is 2.21. The van der Waals surface area contributed by atoms with Gasteiger partial charge >= 0.3 is 5.97 Å². The van der Waals surface area contributed by atoms with Crippen LogP contribution >= 0.6 is 0 Å². The largest absolute Gasteiger partial charge is 0.481 e. The van der Waals surface area contributed by atoms with Gasteiger partial charge in [-0.2, -0.15) is 0 Å². The first kappa shape index (κ1) is 17.2. The van der Waals surface area contributed by atoms with Crippen LogP contribution in [0.2, 0.25) is 0 Å². The van der Waals surface area contributed by atoms with E-state index in [-0.39, 0.29) is 6.41 Å². The van der Waals surface area contributed by atoms with Crippen molar-refractivity contribution < 1.29 is 19.9 Å². The molecule has 0 saturated heterocycles. The molecule has 0 unspecified atom stereocenters. The molecule has 2 N–H and O–H groups in total. The Morgan fingerprint density at radius 1 is 1.29 bits per heavy atom. The number of carbonyl (C=O) groups is 2. The molecule has 116 valence electrons. The Hall–Kier alpha value is -1.88. The zero-order chi connectivity index (χ0) is 15.7. The molecular weight excluding hydrogens is 270 g/mol. The van der Waals surface area contributed by atoms with Gasteiger partial charge in [0.1, 0.15) is 0 Å². The second kappa shape index (κ2) is 9.13. The molecule has 1 aromatic carbocycles. The van der Waals surface area contributed by atoms with E-state index in [0.717, 1.165) is 12.0 Å². The molecule has 0 bridgehead atoms. The second-order valence-corrected chi connectivity index (χ2v) is 5.16. The molecule has 0 radical (unpaired) electrons. The normalized spacial score (nSPS) is 13.4. The van der Waals surface area contributed by atoms with E-state index < -0.39 is 17.9 Å². The molecule has 0 spiro atoms. The van der Waals surface area contributed by atoms with Crippen molar-refractivity contribution in [3.05, 3.63) is 35.9 Å². The maximum Gasteiger partial charge on any atom is 0.308 e. The fourth-order valence-corrected chi connectivity index (χ4v) is 2.54. The lowest BCUT2D eigenvalue weighted by Gasteiger charge is -2.28. The van der Waals surface area contributed by atoms with Crippen LogP contribution in [0.4, 0.5) is 0 Å². The van der Waals surface area contributed by atoms with E-state index in [1.165, 1.54) is 0 Å². The van der Waals surface area contributed by atoms with Crippen LogP contribution < -0.4 is 0 Å². The minimum Gasteiger partial charge on any atom is -0.481 e. The Bertz CT molecular complexity index is 435. The van der Waals surface area contributed by atoms with Gasteiger partial charge in [0.05, 0.1) is 12.0 Å². The van der Waals surface area contributed by atoms with E-state index >= 15 is 0 Å². The van der Waals surface area contributed by atoms with Gasteiger partial charge in [0.2, 0.25) is 6.41 Å². The van der Waals surface area contributed by atoms with Crippen molar-refractivity contribution in [2.24, 2.45) is 5.92 Å². The van der Waals surface area contributed by atoms with E-state index in [1.54, 1.807) is 0 Å². The lowest BCUT2D eigenvalue weighted by Crippen LogP contribution is -2.41. The molecule has 0 aliphatic carbocycles. The van der Waals surface area contributed by atoms with Crippen LogP contribution in [0.1, 0.15) is 38.2 Å². The van der Waals surface area contributed by atoms with E-state index in [2.05, 4.69) is 0 Å². The fourth-order valence-electron chi connectivity index (χ4n) is 2.54. The van der Waals surface area contributed by atoms with Crippen molar-refractivity contribution in [2.45, 2.75) is 45.1 Å². The van der Waals surface area contributed by atoms with Gasteiger partial charge in [-0.25, -0.2) is 5.06 Å². The van der Waals surface area contributed by atoms with Crippen LogP contribution in [0.15, 0.2) is 30.3 Å². The number of amides is 1. The van der Waals surface area contributed by atoms with Crippen LogP contribution in [-0.4, -0.2) is 33.8 Å². The van der Waals surface area contributed by atoms with Gasteiger partial charge in [0.25, 0.3) is 0 Å². The number of carbonyl (C=O) groups excluding carboxylic acids is 1. The highest BCUT2D eigenvalue weighted by Gasteiger charge is 2.31. The molecule has 1 rings (SSSR count). The van der Waals surface area contributed by atoms with E-state index in [4.69, 9.17) is 0 Å². The zero-order valence-corrected chi connectivity index (χ0v) is 12.3. The summed E-state index contributed by atoms with van der Waals surface area (Å²) < 4.78 is 0. The van der Waals surface area contributed by atoms with E-state index in [0.29, 0.717) is 30.7 Å². The third kappa shape index (κ3) is 5.55. The predicted octanol–water partition coefficient (Wildman–Crippen LogP) is 2.73. The fraction of sp³-hybridized carbons (Fsp3) is 0.500. The maximum atomic E-state index is 11.4. The highest BCUT2D eigenvalue weighted by atomic mass is 16.5. The molecule has 1 aromatic rings. The number of carboxylic acid groups (broad SMARTS) is 1. The molecule has 1 amide bonds. The van der Waals surface area contributed by atoms with Crippen LogP contribution in [0.25, 0.3) is 0 Å². The molecule has 2 atom stereocenters. The Morgan fingerprint density at radius 2 is 1.95 bits per heavy atom. The summed E-state index contributed by atoms with van der Waals surface area (Å²) in [4.78, 5) is 22.2. The Kier molecular flexibility index (Phi) is 7.46. The summed E-state index contributed by atoms with van der Waals surface area (Å²) in [5.41, 5.74) is 1.16. The van der Waals surface area contributed by atoms with Crippen LogP contribution in [0.5, 0.6) is 0 Å². The summed E-state index contributed by atoms with van der Waals surface area (Å²) in [6.45, 7) is 1.90. The van der Waals surface area contributed by atoms with E-state index in [1.807, 2.05) is 37.3 Å². The molecule has 0 aliphatic rings. The number of benzene rings is 1. The third-order valence-electron chi connectivity index (χ3n) is 3.64. The molecule has 0 fully saturated rings. The Labute approximate surface area is 125 Å². The van der Waals surface area contributed by atoms with Gasteiger partial charge in [-0.3, -0.25) is 14.8 Å². The summed E-state index contributed by atoms with van der Waals surface area (Å²) in [6.07, 6.45) is 3.38. The number of aryl methyl sites for hydroxylation is 1.